The predicted molar refractivity (Wildman–Crippen MR) is 75.7 cm³/mol. The standard InChI is InChI=1S/C14H9ClN2O3/c15-9-3-4-10(13-8(9)2-1-7-16-13)17-12-6-5-11(20-12)14(18)19/h1-7,17H,(H,18,19). The third-order valence-electron chi connectivity index (χ3n) is 2.79. The molecular formula is C14H9ClN2O3. The number of fused-ring (bicyclic) bond motifs is 1. The number of pyridine rings is 1. The third kappa shape index (κ3) is 2.19. The number of carbonyl (C=O) groups is 1. The van der Waals surface area contributed by atoms with Crippen LogP contribution in [0.4, 0.5) is 11.6 Å². The smallest absolute Gasteiger partial charge is 0.371 e. The first kappa shape index (κ1) is 12.5. The van der Waals surface area contributed by atoms with Crippen molar-refractivity contribution in [2.75, 3.05) is 5.32 Å². The third-order valence-corrected chi connectivity index (χ3v) is 3.12. The second kappa shape index (κ2) is 4.86. The Bertz CT molecular complexity index is 798. The molecule has 2 heterocycles. The van der Waals surface area contributed by atoms with Crippen LogP contribution in [-0.2, 0) is 0 Å². The fraction of sp³-hybridized carbons (Fsp3) is 0. The van der Waals surface area contributed by atoms with Crippen molar-refractivity contribution in [3.8, 4) is 0 Å². The maximum atomic E-state index is 10.8. The number of nitrogens with zero attached hydrogens (tertiary/aromatic N) is 1. The van der Waals surface area contributed by atoms with Gasteiger partial charge < -0.3 is 14.8 Å². The molecule has 0 aliphatic carbocycles. The van der Waals surface area contributed by atoms with Crippen LogP contribution < -0.4 is 5.32 Å². The van der Waals surface area contributed by atoms with Crippen molar-refractivity contribution >= 4 is 40.0 Å². The average Bonchev–Trinajstić information content (AvgIpc) is 2.91. The highest BCUT2D eigenvalue weighted by Crippen LogP contribution is 2.30. The lowest BCUT2D eigenvalue weighted by Crippen LogP contribution is -1.93. The number of hydrogen-bond acceptors (Lipinski definition) is 4. The van der Waals surface area contributed by atoms with Crippen LogP contribution in [0.15, 0.2) is 47.0 Å². The van der Waals surface area contributed by atoms with Gasteiger partial charge in [-0.2, -0.15) is 0 Å². The number of benzene rings is 1. The Kier molecular flexibility index (Phi) is 3.04. The summed E-state index contributed by atoms with van der Waals surface area (Å²) in [4.78, 5) is 15.0. The van der Waals surface area contributed by atoms with Crippen molar-refractivity contribution in [2.45, 2.75) is 0 Å². The zero-order chi connectivity index (χ0) is 14.1. The van der Waals surface area contributed by atoms with Gasteiger partial charge >= 0.3 is 5.97 Å². The molecule has 0 radical (unpaired) electrons. The molecule has 1 aromatic carbocycles. The molecule has 0 bridgehead atoms. The quantitative estimate of drug-likeness (QED) is 0.764. The van der Waals surface area contributed by atoms with Gasteiger partial charge in [0.25, 0.3) is 0 Å². The van der Waals surface area contributed by atoms with Crippen molar-refractivity contribution in [1.29, 1.82) is 0 Å². The Morgan fingerprint density at radius 3 is 2.85 bits per heavy atom. The number of aromatic nitrogens is 1. The van der Waals surface area contributed by atoms with Gasteiger partial charge in [-0.15, -0.1) is 0 Å². The molecule has 6 heteroatoms. The lowest BCUT2D eigenvalue weighted by atomic mass is 10.2. The zero-order valence-corrected chi connectivity index (χ0v) is 10.9. The van der Waals surface area contributed by atoms with E-state index in [1.54, 1.807) is 30.5 Å². The summed E-state index contributed by atoms with van der Waals surface area (Å²) in [7, 11) is 0. The lowest BCUT2D eigenvalue weighted by Gasteiger charge is -2.07. The molecular weight excluding hydrogens is 280 g/mol. The first-order chi connectivity index (χ1) is 9.65. The summed E-state index contributed by atoms with van der Waals surface area (Å²) < 4.78 is 5.16. The van der Waals surface area contributed by atoms with Gasteiger partial charge in [0.1, 0.15) is 0 Å². The van der Waals surface area contributed by atoms with Crippen LogP contribution in [0, 0.1) is 0 Å². The van der Waals surface area contributed by atoms with Crippen LogP contribution in [0.2, 0.25) is 5.02 Å². The highest BCUT2D eigenvalue weighted by molar-refractivity contribution is 6.35. The monoisotopic (exact) mass is 288 g/mol. The molecule has 0 aliphatic rings. The normalized spacial score (nSPS) is 10.7. The summed E-state index contributed by atoms with van der Waals surface area (Å²) >= 11 is 6.11. The van der Waals surface area contributed by atoms with E-state index in [2.05, 4.69) is 10.3 Å². The second-order valence-corrected chi connectivity index (χ2v) is 4.50. The number of aromatic carboxylic acids is 1. The van der Waals surface area contributed by atoms with E-state index in [0.717, 1.165) is 5.39 Å². The summed E-state index contributed by atoms with van der Waals surface area (Å²) in [6, 6.07) is 10.1. The first-order valence-corrected chi connectivity index (χ1v) is 6.16. The van der Waals surface area contributed by atoms with E-state index in [-0.39, 0.29) is 5.76 Å². The fourth-order valence-corrected chi connectivity index (χ4v) is 2.11. The molecule has 0 fully saturated rings. The number of anilines is 2. The Labute approximate surface area is 118 Å². The maximum Gasteiger partial charge on any atom is 0.371 e. The number of furan rings is 1. The van der Waals surface area contributed by atoms with Crippen molar-refractivity contribution in [2.24, 2.45) is 0 Å². The van der Waals surface area contributed by atoms with E-state index in [1.165, 1.54) is 6.07 Å². The molecule has 0 atom stereocenters. The van der Waals surface area contributed by atoms with E-state index in [1.807, 2.05) is 6.07 Å². The molecule has 0 spiro atoms. The van der Waals surface area contributed by atoms with Crippen LogP contribution in [0.25, 0.3) is 10.9 Å². The summed E-state index contributed by atoms with van der Waals surface area (Å²) in [5.41, 5.74) is 1.38. The van der Waals surface area contributed by atoms with Crippen LogP contribution in [0.1, 0.15) is 10.6 Å². The molecule has 100 valence electrons. The summed E-state index contributed by atoms with van der Waals surface area (Å²) in [6.45, 7) is 0. The lowest BCUT2D eigenvalue weighted by molar-refractivity contribution is 0.0663. The Morgan fingerprint density at radius 2 is 2.10 bits per heavy atom. The van der Waals surface area contributed by atoms with Crippen molar-refractivity contribution in [3.05, 3.63) is 53.4 Å². The molecule has 20 heavy (non-hydrogen) atoms. The predicted octanol–water partition coefficient (Wildman–Crippen LogP) is 3.92. The fourth-order valence-electron chi connectivity index (χ4n) is 1.89. The van der Waals surface area contributed by atoms with E-state index >= 15 is 0 Å². The van der Waals surface area contributed by atoms with Crippen molar-refractivity contribution in [3.63, 3.8) is 0 Å². The minimum Gasteiger partial charge on any atom is -0.475 e. The molecule has 3 rings (SSSR count). The van der Waals surface area contributed by atoms with Gasteiger partial charge in [-0.3, -0.25) is 4.98 Å². The molecule has 5 nitrogen and oxygen atoms in total. The molecule has 0 saturated heterocycles. The van der Waals surface area contributed by atoms with Crippen LogP contribution in [0.3, 0.4) is 0 Å². The number of rotatable bonds is 3. The maximum absolute atomic E-state index is 10.8. The minimum atomic E-state index is -1.11. The second-order valence-electron chi connectivity index (χ2n) is 4.09. The molecule has 0 amide bonds. The minimum absolute atomic E-state index is 0.126. The molecule has 0 aliphatic heterocycles. The van der Waals surface area contributed by atoms with Gasteiger partial charge in [0.2, 0.25) is 5.76 Å². The number of hydrogen-bond donors (Lipinski definition) is 2. The number of carboxylic acid groups (broad SMARTS) is 1. The molecule has 0 saturated carbocycles. The van der Waals surface area contributed by atoms with Gasteiger partial charge in [0.15, 0.2) is 5.88 Å². The highest BCUT2D eigenvalue weighted by Gasteiger charge is 2.11. The van der Waals surface area contributed by atoms with Crippen molar-refractivity contribution in [1.82, 2.24) is 4.98 Å². The Balaban J connectivity index is 2.02. The summed E-state index contributed by atoms with van der Waals surface area (Å²) in [6.07, 6.45) is 1.66. The molecule has 0 unspecified atom stereocenters. The van der Waals surface area contributed by atoms with Crippen LogP contribution in [0.5, 0.6) is 0 Å². The van der Waals surface area contributed by atoms with Gasteiger partial charge in [-0.05, 0) is 30.3 Å². The van der Waals surface area contributed by atoms with Crippen LogP contribution in [-0.4, -0.2) is 16.1 Å². The SMILES string of the molecule is O=C(O)c1ccc(Nc2ccc(Cl)c3cccnc23)o1. The Hall–Kier alpha value is -2.53. The topological polar surface area (TPSA) is 75.4 Å². The van der Waals surface area contributed by atoms with Crippen LogP contribution >= 0.6 is 11.6 Å². The van der Waals surface area contributed by atoms with Gasteiger partial charge in [-0.1, -0.05) is 11.6 Å². The zero-order valence-electron chi connectivity index (χ0n) is 10.1. The summed E-state index contributed by atoms with van der Waals surface area (Å²) in [5.74, 6) is -0.910. The van der Waals surface area contributed by atoms with Gasteiger partial charge in [0, 0.05) is 17.6 Å². The molecule has 2 aromatic heterocycles. The van der Waals surface area contributed by atoms with E-state index in [4.69, 9.17) is 21.1 Å². The number of carboxylic acids is 1. The van der Waals surface area contributed by atoms with Gasteiger partial charge in [-0.25, -0.2) is 4.79 Å². The molecule has 2 N–H and O–H groups in total. The number of halogens is 1. The largest absolute Gasteiger partial charge is 0.475 e. The first-order valence-electron chi connectivity index (χ1n) is 5.78. The van der Waals surface area contributed by atoms with E-state index in [9.17, 15) is 4.79 Å². The number of nitrogens with one attached hydrogen (secondary N) is 1. The van der Waals surface area contributed by atoms with Gasteiger partial charge in [0.05, 0.1) is 16.2 Å². The molecule has 3 aromatic rings. The van der Waals surface area contributed by atoms with Crippen molar-refractivity contribution < 1.29 is 14.3 Å². The highest BCUT2D eigenvalue weighted by atomic mass is 35.5. The van der Waals surface area contributed by atoms with E-state index < -0.39 is 5.97 Å². The summed E-state index contributed by atoms with van der Waals surface area (Å²) in [5, 5.41) is 13.2. The Morgan fingerprint density at radius 1 is 1.25 bits per heavy atom. The average molecular weight is 289 g/mol. The van der Waals surface area contributed by atoms with E-state index in [0.29, 0.717) is 22.1 Å².